The van der Waals surface area contributed by atoms with Gasteiger partial charge in [0, 0.05) is 19.3 Å². The van der Waals surface area contributed by atoms with Crippen LogP contribution in [0.4, 0.5) is 0 Å². The van der Waals surface area contributed by atoms with Crippen molar-refractivity contribution in [2.24, 2.45) is 5.92 Å². The molecule has 404 valence electrons. The highest BCUT2D eigenvalue weighted by Crippen LogP contribution is 2.18. The van der Waals surface area contributed by atoms with E-state index in [2.05, 4.69) is 27.7 Å². The predicted octanol–water partition coefficient (Wildman–Crippen LogP) is 20.6. The Kier molecular flexibility index (Phi) is 55.0. The highest BCUT2D eigenvalue weighted by atomic mass is 16.6. The second-order valence-electron chi connectivity index (χ2n) is 21.8. The van der Waals surface area contributed by atoms with Crippen molar-refractivity contribution in [1.82, 2.24) is 0 Å². The van der Waals surface area contributed by atoms with E-state index in [1.807, 2.05) is 0 Å². The van der Waals surface area contributed by atoms with E-state index in [1.54, 1.807) is 0 Å². The summed E-state index contributed by atoms with van der Waals surface area (Å²) in [4.78, 5) is 38.2. The van der Waals surface area contributed by atoms with E-state index < -0.39 is 6.10 Å². The molecule has 0 aliphatic heterocycles. The van der Waals surface area contributed by atoms with E-state index >= 15 is 0 Å². The van der Waals surface area contributed by atoms with Crippen molar-refractivity contribution < 1.29 is 28.6 Å². The predicted molar refractivity (Wildman–Crippen MR) is 293 cm³/mol. The van der Waals surface area contributed by atoms with E-state index in [-0.39, 0.29) is 31.1 Å². The Morgan fingerprint density at radius 1 is 0.279 bits per heavy atom. The average Bonchev–Trinajstić information content (AvgIpc) is 3.32. The zero-order valence-electron chi connectivity index (χ0n) is 46.6. The maximum absolute atomic E-state index is 12.9. The topological polar surface area (TPSA) is 78.9 Å². The van der Waals surface area contributed by atoms with Crippen LogP contribution in [0.2, 0.25) is 0 Å². The number of hydrogen-bond donors (Lipinski definition) is 0. The molecule has 0 saturated carbocycles. The van der Waals surface area contributed by atoms with Gasteiger partial charge in [-0.05, 0) is 25.2 Å². The zero-order valence-corrected chi connectivity index (χ0v) is 46.6. The lowest BCUT2D eigenvalue weighted by atomic mass is 10.0. The first-order chi connectivity index (χ1) is 33.4. The van der Waals surface area contributed by atoms with Crippen molar-refractivity contribution in [3.8, 4) is 0 Å². The van der Waals surface area contributed by atoms with Crippen molar-refractivity contribution in [3.05, 3.63) is 0 Å². The molecule has 0 aromatic carbocycles. The van der Waals surface area contributed by atoms with Crippen LogP contribution in [0.15, 0.2) is 0 Å². The van der Waals surface area contributed by atoms with Crippen LogP contribution in [0, 0.1) is 5.92 Å². The van der Waals surface area contributed by atoms with Gasteiger partial charge in [0.25, 0.3) is 0 Å². The molecule has 6 heteroatoms. The Balaban J connectivity index is 4.28. The minimum atomic E-state index is -0.762. The summed E-state index contributed by atoms with van der Waals surface area (Å²) >= 11 is 0. The minimum Gasteiger partial charge on any atom is -0.462 e. The van der Waals surface area contributed by atoms with Gasteiger partial charge in [0.2, 0.25) is 0 Å². The molecule has 0 heterocycles. The summed E-state index contributed by atoms with van der Waals surface area (Å²) in [6.45, 7) is 9.09. The first-order valence-corrected chi connectivity index (χ1v) is 30.9. The van der Waals surface area contributed by atoms with Crippen LogP contribution >= 0.6 is 0 Å². The quantitative estimate of drug-likeness (QED) is 0.0343. The SMILES string of the molecule is CCCCCCCCCCCCCCCCCCCCC(=O)O[C@H](COC(=O)CCCCCCCCCCCCCCCC)COC(=O)CCCCCCCCCCCCCCCCCC(C)C. The van der Waals surface area contributed by atoms with Gasteiger partial charge in [-0.15, -0.1) is 0 Å². The third kappa shape index (κ3) is 55.3. The molecule has 68 heavy (non-hydrogen) atoms. The standard InChI is InChI=1S/C62H120O6/c1-5-7-9-11-13-15-17-19-21-22-23-26-31-35-39-43-47-51-55-62(65)68-59(56-66-60(63)53-49-45-41-37-33-29-20-18-16-14-12-10-8-6-2)57-67-61(64)54-50-46-42-38-34-30-27-24-25-28-32-36-40-44-48-52-58(3)4/h58-59H,5-57H2,1-4H3/t59-/m1/s1. The molecule has 0 aliphatic carbocycles. The lowest BCUT2D eigenvalue weighted by Crippen LogP contribution is -2.30. The van der Waals surface area contributed by atoms with Crippen LogP contribution in [-0.2, 0) is 28.6 Å². The second kappa shape index (κ2) is 56.3. The van der Waals surface area contributed by atoms with Crippen LogP contribution < -0.4 is 0 Å². The van der Waals surface area contributed by atoms with Crippen LogP contribution in [-0.4, -0.2) is 37.2 Å². The summed E-state index contributed by atoms with van der Waals surface area (Å²) < 4.78 is 16.9. The molecule has 6 nitrogen and oxygen atoms in total. The summed E-state index contributed by atoms with van der Waals surface area (Å²) in [7, 11) is 0. The van der Waals surface area contributed by atoms with E-state index in [0.29, 0.717) is 19.3 Å². The van der Waals surface area contributed by atoms with E-state index in [0.717, 1.165) is 63.7 Å². The Labute approximate surface area is 425 Å². The Morgan fingerprint density at radius 2 is 0.485 bits per heavy atom. The molecule has 0 unspecified atom stereocenters. The van der Waals surface area contributed by atoms with Gasteiger partial charge in [0.05, 0.1) is 0 Å². The molecular weight excluding hydrogens is 841 g/mol. The van der Waals surface area contributed by atoms with Crippen LogP contribution in [0.5, 0.6) is 0 Å². The average molecular weight is 962 g/mol. The molecule has 0 amide bonds. The molecule has 0 bridgehead atoms. The fourth-order valence-electron chi connectivity index (χ4n) is 9.63. The van der Waals surface area contributed by atoms with E-state index in [1.165, 1.54) is 250 Å². The number of carbonyl (C=O) groups excluding carboxylic acids is 3. The van der Waals surface area contributed by atoms with Gasteiger partial charge in [0.1, 0.15) is 13.2 Å². The van der Waals surface area contributed by atoms with Gasteiger partial charge < -0.3 is 14.2 Å². The summed E-state index contributed by atoms with van der Waals surface area (Å²) in [5.74, 6) is 0.0194. The lowest BCUT2D eigenvalue weighted by Gasteiger charge is -2.18. The normalized spacial score (nSPS) is 12.0. The molecular formula is C62H120O6. The maximum atomic E-state index is 12.9. The van der Waals surface area contributed by atoms with Gasteiger partial charge in [0.15, 0.2) is 6.10 Å². The molecule has 1 atom stereocenters. The Bertz CT molecular complexity index is 1030. The zero-order chi connectivity index (χ0) is 49.5. The highest BCUT2D eigenvalue weighted by molar-refractivity contribution is 5.71. The number of unbranched alkanes of at least 4 members (excludes halogenated alkanes) is 44. The number of carbonyl (C=O) groups is 3. The minimum absolute atomic E-state index is 0.0614. The molecule has 0 aromatic rings. The van der Waals surface area contributed by atoms with Gasteiger partial charge in [-0.3, -0.25) is 14.4 Å². The highest BCUT2D eigenvalue weighted by Gasteiger charge is 2.19. The molecule has 0 aliphatic rings. The molecule has 0 spiro atoms. The van der Waals surface area contributed by atoms with Crippen LogP contribution in [0.3, 0.4) is 0 Å². The van der Waals surface area contributed by atoms with Crippen LogP contribution in [0.25, 0.3) is 0 Å². The molecule has 0 radical (unpaired) electrons. The molecule has 0 N–H and O–H groups in total. The van der Waals surface area contributed by atoms with Crippen molar-refractivity contribution >= 4 is 17.9 Å². The summed E-state index contributed by atoms with van der Waals surface area (Å²) in [5.41, 5.74) is 0. The number of rotatable bonds is 57. The van der Waals surface area contributed by atoms with Crippen molar-refractivity contribution in [3.63, 3.8) is 0 Å². The van der Waals surface area contributed by atoms with Crippen molar-refractivity contribution in [1.29, 1.82) is 0 Å². The molecule has 0 rings (SSSR count). The van der Waals surface area contributed by atoms with Crippen LogP contribution in [0.1, 0.15) is 355 Å². The van der Waals surface area contributed by atoms with Gasteiger partial charge in [-0.25, -0.2) is 0 Å². The third-order valence-corrected chi connectivity index (χ3v) is 14.3. The fraction of sp³-hybridized carbons (Fsp3) is 0.952. The van der Waals surface area contributed by atoms with E-state index in [9.17, 15) is 14.4 Å². The summed E-state index contributed by atoms with van der Waals surface area (Å²) in [6, 6.07) is 0. The number of esters is 3. The smallest absolute Gasteiger partial charge is 0.306 e. The summed E-state index contributed by atoms with van der Waals surface area (Å²) in [6.07, 6.45) is 62.4. The van der Waals surface area contributed by atoms with Gasteiger partial charge >= 0.3 is 17.9 Å². The van der Waals surface area contributed by atoms with Crippen molar-refractivity contribution in [2.75, 3.05) is 13.2 Å². The Morgan fingerprint density at radius 3 is 0.721 bits per heavy atom. The summed E-state index contributed by atoms with van der Waals surface area (Å²) in [5, 5.41) is 0. The monoisotopic (exact) mass is 961 g/mol. The molecule has 0 fully saturated rings. The maximum Gasteiger partial charge on any atom is 0.306 e. The number of hydrogen-bond acceptors (Lipinski definition) is 6. The first kappa shape index (κ1) is 66.4. The third-order valence-electron chi connectivity index (χ3n) is 14.3. The Hall–Kier alpha value is -1.59. The fourth-order valence-corrected chi connectivity index (χ4v) is 9.63. The van der Waals surface area contributed by atoms with Gasteiger partial charge in [-0.2, -0.15) is 0 Å². The largest absolute Gasteiger partial charge is 0.462 e. The first-order valence-electron chi connectivity index (χ1n) is 30.9. The van der Waals surface area contributed by atoms with Crippen molar-refractivity contribution in [2.45, 2.75) is 361 Å². The second-order valence-corrected chi connectivity index (χ2v) is 21.8. The lowest BCUT2D eigenvalue weighted by molar-refractivity contribution is -0.167. The van der Waals surface area contributed by atoms with Gasteiger partial charge in [-0.1, -0.05) is 317 Å². The molecule has 0 saturated heterocycles. The van der Waals surface area contributed by atoms with E-state index in [4.69, 9.17) is 14.2 Å². The molecule has 0 aromatic heterocycles. The number of ether oxygens (including phenoxy) is 3.